The number of benzene rings is 2. The normalized spacial score (nSPS) is 9.70. The van der Waals surface area contributed by atoms with E-state index in [0.717, 1.165) is 30.3 Å². The molecule has 23 heavy (non-hydrogen) atoms. The van der Waals surface area contributed by atoms with Crippen molar-refractivity contribution in [2.75, 3.05) is 0 Å². The van der Waals surface area contributed by atoms with Gasteiger partial charge in [-0.3, -0.25) is 25.0 Å². The maximum Gasteiger partial charge on any atom is 0.311 e. The highest BCUT2D eigenvalue weighted by Gasteiger charge is 2.19. The number of nitrogens with zero attached hydrogens (tertiary/aromatic N) is 3. The summed E-state index contributed by atoms with van der Waals surface area (Å²) in [5, 5.41) is 30.7. The fraction of sp³-hybridized carbons (Fsp3) is 0. The van der Waals surface area contributed by atoms with Crippen LogP contribution in [0.1, 0.15) is 15.9 Å². The molecule has 0 heterocycles. The summed E-state index contributed by atoms with van der Waals surface area (Å²) in [4.78, 5) is 31.1. The molecule has 0 atom stereocenters. The Labute approximate surface area is 128 Å². The van der Waals surface area contributed by atoms with Crippen LogP contribution in [0.3, 0.4) is 0 Å². The lowest BCUT2D eigenvalue weighted by molar-refractivity contribution is -0.385. The van der Waals surface area contributed by atoms with Gasteiger partial charge in [0.05, 0.1) is 9.85 Å². The molecule has 0 aliphatic carbocycles. The highest BCUT2D eigenvalue weighted by molar-refractivity contribution is 5.77. The number of hydrogen-bond donors (Lipinski definition) is 0. The Morgan fingerprint density at radius 3 is 2.35 bits per heavy atom. The number of nitro groups is 2. The summed E-state index contributed by atoms with van der Waals surface area (Å²) in [6.45, 7) is 0. The predicted molar refractivity (Wildman–Crippen MR) is 76.4 cm³/mol. The number of rotatable bonds is 5. The van der Waals surface area contributed by atoms with Crippen LogP contribution in [-0.2, 0) is 0 Å². The van der Waals surface area contributed by atoms with Gasteiger partial charge in [0, 0.05) is 23.8 Å². The molecule has 0 fully saturated rings. The SMILES string of the molecule is N#Cc1cc([N+](=O)[O-])ccc1Oc1cc(C=O)ccc1[N+](=O)[O-]. The number of non-ortho nitro benzene ring substituents is 1. The van der Waals surface area contributed by atoms with Crippen LogP contribution in [0, 0.1) is 31.6 Å². The van der Waals surface area contributed by atoms with Gasteiger partial charge in [-0.1, -0.05) is 0 Å². The maximum atomic E-state index is 11.0. The molecule has 0 bridgehead atoms. The molecule has 0 aliphatic heterocycles. The van der Waals surface area contributed by atoms with Gasteiger partial charge in [-0.15, -0.1) is 0 Å². The van der Waals surface area contributed by atoms with Crippen molar-refractivity contribution in [3.8, 4) is 17.6 Å². The van der Waals surface area contributed by atoms with E-state index in [9.17, 15) is 25.0 Å². The Kier molecular flexibility index (Phi) is 4.28. The summed E-state index contributed by atoms with van der Waals surface area (Å²) in [5.41, 5.74) is -0.737. The van der Waals surface area contributed by atoms with Gasteiger partial charge in [0.25, 0.3) is 5.69 Å². The number of aldehydes is 1. The quantitative estimate of drug-likeness (QED) is 0.470. The highest BCUT2D eigenvalue weighted by atomic mass is 16.6. The van der Waals surface area contributed by atoms with Crippen LogP contribution >= 0.6 is 0 Å². The Morgan fingerprint density at radius 1 is 1.04 bits per heavy atom. The minimum Gasteiger partial charge on any atom is -0.449 e. The molecule has 2 rings (SSSR count). The Hall–Kier alpha value is -3.80. The first-order chi connectivity index (χ1) is 11.0. The number of hydrogen-bond acceptors (Lipinski definition) is 7. The summed E-state index contributed by atoms with van der Waals surface area (Å²) in [5.74, 6) is -0.339. The van der Waals surface area contributed by atoms with Gasteiger partial charge < -0.3 is 4.74 Å². The van der Waals surface area contributed by atoms with E-state index in [4.69, 9.17) is 10.00 Å². The van der Waals surface area contributed by atoms with Crippen molar-refractivity contribution < 1.29 is 19.4 Å². The zero-order chi connectivity index (χ0) is 17.0. The molecule has 0 amide bonds. The number of carbonyl (C=O) groups is 1. The minimum absolute atomic E-state index is 0.0933. The first-order valence-corrected chi connectivity index (χ1v) is 6.06. The van der Waals surface area contributed by atoms with E-state index in [1.54, 1.807) is 6.07 Å². The van der Waals surface area contributed by atoms with E-state index >= 15 is 0 Å². The lowest BCUT2D eigenvalue weighted by Crippen LogP contribution is -1.97. The first kappa shape index (κ1) is 15.6. The van der Waals surface area contributed by atoms with Crippen molar-refractivity contribution in [1.82, 2.24) is 0 Å². The first-order valence-electron chi connectivity index (χ1n) is 6.06. The monoisotopic (exact) mass is 313 g/mol. The van der Waals surface area contributed by atoms with E-state index in [1.807, 2.05) is 0 Å². The van der Waals surface area contributed by atoms with Crippen LogP contribution in [0.4, 0.5) is 11.4 Å². The van der Waals surface area contributed by atoms with Crippen LogP contribution < -0.4 is 4.74 Å². The molecule has 0 saturated heterocycles. The van der Waals surface area contributed by atoms with Gasteiger partial charge in [0.2, 0.25) is 5.75 Å². The fourth-order valence-corrected chi connectivity index (χ4v) is 1.76. The second-order valence-corrected chi connectivity index (χ2v) is 4.25. The lowest BCUT2D eigenvalue weighted by Gasteiger charge is -2.08. The zero-order valence-corrected chi connectivity index (χ0v) is 11.3. The van der Waals surface area contributed by atoms with E-state index in [-0.39, 0.29) is 28.3 Å². The second-order valence-electron chi connectivity index (χ2n) is 4.25. The summed E-state index contributed by atoms with van der Waals surface area (Å²) in [6.07, 6.45) is 0.484. The Morgan fingerprint density at radius 2 is 1.78 bits per heavy atom. The molecule has 0 aromatic heterocycles. The molecule has 114 valence electrons. The third-order valence-corrected chi connectivity index (χ3v) is 2.83. The van der Waals surface area contributed by atoms with Crippen LogP contribution in [0.5, 0.6) is 11.5 Å². The summed E-state index contributed by atoms with van der Waals surface area (Å²) in [6, 6.07) is 8.46. The molecule has 0 aliphatic rings. The van der Waals surface area contributed by atoms with Crippen LogP contribution in [0.2, 0.25) is 0 Å². The molecule has 2 aromatic carbocycles. The minimum atomic E-state index is -0.707. The van der Waals surface area contributed by atoms with E-state index in [0.29, 0.717) is 6.29 Å². The molecule has 0 spiro atoms. The van der Waals surface area contributed by atoms with Crippen LogP contribution in [0.15, 0.2) is 36.4 Å². The molecular formula is C14H7N3O6. The fourth-order valence-electron chi connectivity index (χ4n) is 1.76. The average Bonchev–Trinajstić information content (AvgIpc) is 2.54. The topological polar surface area (TPSA) is 136 Å². The van der Waals surface area contributed by atoms with Crippen molar-refractivity contribution in [1.29, 1.82) is 5.26 Å². The smallest absolute Gasteiger partial charge is 0.311 e. The molecule has 9 heteroatoms. The van der Waals surface area contributed by atoms with Crippen molar-refractivity contribution in [2.45, 2.75) is 0 Å². The molecule has 0 N–H and O–H groups in total. The van der Waals surface area contributed by atoms with Gasteiger partial charge in [-0.25, -0.2) is 0 Å². The summed E-state index contributed by atoms with van der Waals surface area (Å²) in [7, 11) is 0. The third-order valence-electron chi connectivity index (χ3n) is 2.83. The van der Waals surface area contributed by atoms with Crippen LogP contribution in [-0.4, -0.2) is 16.1 Å². The van der Waals surface area contributed by atoms with E-state index in [2.05, 4.69) is 0 Å². The lowest BCUT2D eigenvalue weighted by atomic mass is 10.2. The van der Waals surface area contributed by atoms with Crippen molar-refractivity contribution in [3.63, 3.8) is 0 Å². The second kappa shape index (κ2) is 6.31. The van der Waals surface area contributed by atoms with Crippen molar-refractivity contribution >= 4 is 17.7 Å². The van der Waals surface area contributed by atoms with Crippen molar-refractivity contribution in [3.05, 3.63) is 67.8 Å². The van der Waals surface area contributed by atoms with E-state index < -0.39 is 15.5 Å². The van der Waals surface area contributed by atoms with Gasteiger partial charge in [-0.05, 0) is 18.2 Å². The zero-order valence-electron chi connectivity index (χ0n) is 11.3. The van der Waals surface area contributed by atoms with Gasteiger partial charge >= 0.3 is 5.69 Å². The number of carbonyl (C=O) groups excluding carboxylic acids is 1. The van der Waals surface area contributed by atoms with Gasteiger partial charge in [0.15, 0.2) is 0 Å². The van der Waals surface area contributed by atoms with Crippen LogP contribution in [0.25, 0.3) is 0 Å². The molecule has 0 radical (unpaired) electrons. The maximum absolute atomic E-state index is 11.0. The van der Waals surface area contributed by atoms with Crippen molar-refractivity contribution in [2.24, 2.45) is 0 Å². The summed E-state index contributed by atoms with van der Waals surface area (Å²) < 4.78 is 5.32. The third kappa shape index (κ3) is 3.27. The highest BCUT2D eigenvalue weighted by Crippen LogP contribution is 2.34. The molecule has 9 nitrogen and oxygen atoms in total. The Balaban J connectivity index is 2.50. The average molecular weight is 313 g/mol. The largest absolute Gasteiger partial charge is 0.449 e. The predicted octanol–water partition coefficient (Wildman–Crippen LogP) is 2.98. The molecule has 2 aromatic rings. The standard InChI is InChI=1S/C14H7N3O6/c15-7-10-6-11(16(19)20)2-4-13(10)23-14-5-9(8-18)1-3-12(14)17(21)22/h1-6,8H. The molecule has 0 saturated carbocycles. The van der Waals surface area contributed by atoms with Gasteiger partial charge in [0.1, 0.15) is 23.7 Å². The van der Waals surface area contributed by atoms with Gasteiger partial charge in [-0.2, -0.15) is 5.26 Å². The molecular weight excluding hydrogens is 306 g/mol. The number of ether oxygens (including phenoxy) is 1. The number of nitro benzene ring substituents is 2. The summed E-state index contributed by atoms with van der Waals surface area (Å²) >= 11 is 0. The molecule has 0 unspecified atom stereocenters. The van der Waals surface area contributed by atoms with E-state index in [1.165, 1.54) is 6.07 Å². The Bertz CT molecular complexity index is 856. The number of nitriles is 1.